The van der Waals surface area contributed by atoms with Crippen LogP contribution in [-0.4, -0.2) is 49.3 Å². The van der Waals surface area contributed by atoms with Crippen molar-refractivity contribution in [2.24, 2.45) is 4.99 Å². The highest BCUT2D eigenvalue weighted by Gasteiger charge is 2.18. The zero-order chi connectivity index (χ0) is 21.2. The van der Waals surface area contributed by atoms with Gasteiger partial charge in [-0.1, -0.05) is 12.1 Å². The molecule has 168 valence electrons. The molecule has 1 aliphatic heterocycles. The van der Waals surface area contributed by atoms with Crippen molar-refractivity contribution in [2.45, 2.75) is 32.9 Å². The molecule has 0 saturated carbocycles. The molecule has 9 heteroatoms. The lowest BCUT2D eigenvalue weighted by Gasteiger charge is -2.16. The van der Waals surface area contributed by atoms with Crippen LogP contribution in [0.5, 0.6) is 5.75 Å². The number of anilines is 1. The van der Waals surface area contributed by atoms with E-state index < -0.39 is 0 Å². The standard InChI is InChI=1S/C22H29N5O3.HI/c1-3-24-22(26-14-21(28)27-18-5-4-9-23-13-18)25-12-17-7-6-16(2)11-20(17)30-19-8-10-29-15-19;/h4-7,9,11,13,19H,3,8,10,12,14-15H2,1-2H3,(H,27,28)(H2,24,25,26);1H. The number of guanidine groups is 1. The summed E-state index contributed by atoms with van der Waals surface area (Å²) in [5.41, 5.74) is 2.78. The molecule has 3 N–H and O–H groups in total. The minimum absolute atomic E-state index is 0. The number of nitrogens with one attached hydrogen (secondary N) is 3. The molecule has 0 bridgehead atoms. The second-order valence-corrected chi connectivity index (χ2v) is 7.05. The fourth-order valence-electron chi connectivity index (χ4n) is 3.00. The molecule has 1 fully saturated rings. The third kappa shape index (κ3) is 8.33. The highest BCUT2D eigenvalue weighted by atomic mass is 127. The highest BCUT2D eigenvalue weighted by molar-refractivity contribution is 14.0. The lowest BCUT2D eigenvalue weighted by atomic mass is 10.1. The molecule has 2 aromatic rings. The largest absolute Gasteiger partial charge is 0.488 e. The predicted octanol–water partition coefficient (Wildman–Crippen LogP) is 2.87. The van der Waals surface area contributed by atoms with E-state index in [4.69, 9.17) is 9.47 Å². The quantitative estimate of drug-likeness (QED) is 0.271. The molecule has 8 nitrogen and oxygen atoms in total. The van der Waals surface area contributed by atoms with Crippen LogP contribution in [0.2, 0.25) is 0 Å². The Hall–Kier alpha value is -2.40. The Morgan fingerprint density at radius 2 is 2.19 bits per heavy atom. The minimum Gasteiger partial charge on any atom is -0.488 e. The van der Waals surface area contributed by atoms with Crippen molar-refractivity contribution in [3.8, 4) is 5.75 Å². The average Bonchev–Trinajstić information content (AvgIpc) is 3.25. The van der Waals surface area contributed by atoms with Crippen molar-refractivity contribution < 1.29 is 14.3 Å². The van der Waals surface area contributed by atoms with Crippen LogP contribution in [0.15, 0.2) is 47.7 Å². The molecular formula is C22H30IN5O3. The van der Waals surface area contributed by atoms with Gasteiger partial charge in [0.15, 0.2) is 5.96 Å². The molecule has 0 radical (unpaired) electrons. The van der Waals surface area contributed by atoms with E-state index in [-0.39, 0.29) is 42.5 Å². The summed E-state index contributed by atoms with van der Waals surface area (Å²) in [5, 5.41) is 9.01. The van der Waals surface area contributed by atoms with E-state index in [0.29, 0.717) is 31.3 Å². The fraction of sp³-hybridized carbons (Fsp3) is 0.409. The van der Waals surface area contributed by atoms with Gasteiger partial charge >= 0.3 is 0 Å². The topological polar surface area (TPSA) is 96.9 Å². The molecule has 1 amide bonds. The molecular weight excluding hydrogens is 509 g/mol. The molecule has 1 unspecified atom stereocenters. The van der Waals surface area contributed by atoms with Crippen molar-refractivity contribution in [1.29, 1.82) is 0 Å². The van der Waals surface area contributed by atoms with Crippen LogP contribution in [-0.2, 0) is 16.1 Å². The van der Waals surface area contributed by atoms with Crippen molar-refractivity contribution in [3.05, 3.63) is 53.9 Å². The number of carbonyl (C=O) groups excluding carboxylic acids is 1. The van der Waals surface area contributed by atoms with Gasteiger partial charge in [-0.25, -0.2) is 4.99 Å². The Labute approximate surface area is 200 Å². The Morgan fingerprint density at radius 1 is 1.32 bits per heavy atom. The zero-order valence-corrected chi connectivity index (χ0v) is 20.2. The van der Waals surface area contributed by atoms with E-state index in [2.05, 4.69) is 25.9 Å². The predicted molar refractivity (Wildman–Crippen MR) is 132 cm³/mol. The number of ether oxygens (including phenoxy) is 2. The number of rotatable bonds is 8. The third-order valence-corrected chi connectivity index (χ3v) is 4.52. The van der Waals surface area contributed by atoms with Crippen LogP contribution >= 0.6 is 24.0 Å². The van der Waals surface area contributed by atoms with Crippen LogP contribution < -0.4 is 20.7 Å². The number of carbonyl (C=O) groups is 1. The van der Waals surface area contributed by atoms with Crippen LogP contribution in [0.3, 0.4) is 0 Å². The van der Waals surface area contributed by atoms with Gasteiger partial charge in [0.25, 0.3) is 0 Å². The maximum absolute atomic E-state index is 12.2. The van der Waals surface area contributed by atoms with E-state index in [0.717, 1.165) is 29.9 Å². The number of aryl methyl sites for hydroxylation is 1. The Balaban J connectivity index is 0.00000341. The van der Waals surface area contributed by atoms with Crippen molar-refractivity contribution in [3.63, 3.8) is 0 Å². The summed E-state index contributed by atoms with van der Waals surface area (Å²) in [7, 11) is 0. The maximum atomic E-state index is 12.2. The van der Waals surface area contributed by atoms with Gasteiger partial charge in [0.1, 0.15) is 11.9 Å². The summed E-state index contributed by atoms with van der Waals surface area (Å²) in [5.74, 6) is 1.23. The molecule has 0 spiro atoms. The molecule has 1 aromatic carbocycles. The summed E-state index contributed by atoms with van der Waals surface area (Å²) in [6, 6.07) is 9.67. The number of hydrogen-bond acceptors (Lipinski definition) is 5. The van der Waals surface area contributed by atoms with Gasteiger partial charge in [-0.05, 0) is 37.6 Å². The van der Waals surface area contributed by atoms with E-state index in [9.17, 15) is 4.79 Å². The number of halogens is 1. The van der Waals surface area contributed by atoms with Gasteiger partial charge in [-0.3, -0.25) is 9.78 Å². The van der Waals surface area contributed by atoms with Gasteiger partial charge in [-0.15, -0.1) is 24.0 Å². The minimum atomic E-state index is -0.172. The van der Waals surface area contributed by atoms with Crippen molar-refractivity contribution in [2.75, 3.05) is 31.6 Å². The molecule has 1 aliphatic rings. The number of nitrogens with zero attached hydrogens (tertiary/aromatic N) is 2. The smallest absolute Gasteiger partial charge is 0.243 e. The van der Waals surface area contributed by atoms with Crippen molar-refractivity contribution >= 4 is 41.5 Å². The summed E-state index contributed by atoms with van der Waals surface area (Å²) in [6.45, 7) is 6.59. The SMILES string of the molecule is CCNC(=NCc1ccc(C)cc1OC1CCOC1)NCC(=O)Nc1cccnc1.I. The fourth-order valence-corrected chi connectivity index (χ4v) is 3.00. The molecule has 0 aliphatic carbocycles. The number of aromatic nitrogens is 1. The number of pyridine rings is 1. The first-order chi connectivity index (χ1) is 14.6. The second kappa shape index (κ2) is 13.1. The van der Waals surface area contributed by atoms with E-state index in [1.165, 1.54) is 0 Å². The van der Waals surface area contributed by atoms with Crippen LogP contribution in [0.1, 0.15) is 24.5 Å². The Kier molecular flexibility index (Phi) is 10.5. The van der Waals surface area contributed by atoms with Gasteiger partial charge in [0.2, 0.25) is 5.91 Å². The number of aliphatic imine (C=N–C) groups is 1. The Bertz CT molecular complexity index is 857. The van der Waals surface area contributed by atoms with E-state index >= 15 is 0 Å². The van der Waals surface area contributed by atoms with Crippen LogP contribution in [0.4, 0.5) is 5.69 Å². The lowest BCUT2D eigenvalue weighted by molar-refractivity contribution is -0.115. The summed E-state index contributed by atoms with van der Waals surface area (Å²) in [4.78, 5) is 20.8. The zero-order valence-electron chi connectivity index (χ0n) is 17.9. The molecule has 1 saturated heterocycles. The van der Waals surface area contributed by atoms with Gasteiger partial charge in [-0.2, -0.15) is 0 Å². The van der Waals surface area contributed by atoms with Crippen molar-refractivity contribution in [1.82, 2.24) is 15.6 Å². The van der Waals surface area contributed by atoms with Gasteiger partial charge < -0.3 is 25.4 Å². The monoisotopic (exact) mass is 539 g/mol. The van der Waals surface area contributed by atoms with Gasteiger partial charge in [0, 0.05) is 24.7 Å². The average molecular weight is 539 g/mol. The summed E-state index contributed by atoms with van der Waals surface area (Å²) < 4.78 is 11.6. The molecule has 2 heterocycles. The molecule has 1 aromatic heterocycles. The van der Waals surface area contributed by atoms with E-state index in [1.54, 1.807) is 24.5 Å². The molecule has 3 rings (SSSR count). The summed E-state index contributed by atoms with van der Waals surface area (Å²) >= 11 is 0. The van der Waals surface area contributed by atoms with Crippen LogP contribution in [0, 0.1) is 6.92 Å². The molecule has 1 atom stereocenters. The normalized spacial score (nSPS) is 15.7. The number of hydrogen-bond donors (Lipinski definition) is 3. The second-order valence-electron chi connectivity index (χ2n) is 7.05. The third-order valence-electron chi connectivity index (χ3n) is 4.52. The number of amides is 1. The first-order valence-electron chi connectivity index (χ1n) is 10.2. The summed E-state index contributed by atoms with van der Waals surface area (Å²) in [6.07, 6.45) is 4.24. The Morgan fingerprint density at radius 3 is 2.90 bits per heavy atom. The van der Waals surface area contributed by atoms with E-state index in [1.807, 2.05) is 32.0 Å². The highest BCUT2D eigenvalue weighted by Crippen LogP contribution is 2.24. The number of benzene rings is 1. The first kappa shape index (κ1) is 24.9. The maximum Gasteiger partial charge on any atom is 0.243 e. The molecule has 31 heavy (non-hydrogen) atoms. The first-order valence-corrected chi connectivity index (χ1v) is 10.2. The van der Waals surface area contributed by atoms with Gasteiger partial charge in [0.05, 0.1) is 38.2 Å². The van der Waals surface area contributed by atoms with Crippen LogP contribution in [0.25, 0.3) is 0 Å². The lowest BCUT2D eigenvalue weighted by Crippen LogP contribution is -2.41.